The van der Waals surface area contributed by atoms with E-state index >= 15 is 0 Å². The van der Waals surface area contributed by atoms with Crippen LogP contribution in [0.15, 0.2) is 0 Å². The van der Waals surface area contributed by atoms with Crippen LogP contribution >= 0.6 is 11.6 Å². The van der Waals surface area contributed by atoms with E-state index in [1.807, 2.05) is 0 Å². The fraction of sp³-hybridized carbons (Fsp3) is 0.917. The first-order chi connectivity index (χ1) is 7.24. The van der Waals surface area contributed by atoms with E-state index in [-0.39, 0.29) is 5.91 Å². The van der Waals surface area contributed by atoms with Crippen molar-refractivity contribution in [3.05, 3.63) is 0 Å². The van der Waals surface area contributed by atoms with E-state index in [1.54, 1.807) is 0 Å². The van der Waals surface area contributed by atoms with Crippen molar-refractivity contribution in [2.45, 2.75) is 50.3 Å². The van der Waals surface area contributed by atoms with Crippen LogP contribution in [-0.2, 0) is 4.79 Å². The highest BCUT2D eigenvalue weighted by atomic mass is 35.5. The number of amides is 1. The summed E-state index contributed by atoms with van der Waals surface area (Å²) in [5.41, 5.74) is 0. The number of alkyl halides is 1. The molecule has 86 valence electrons. The van der Waals surface area contributed by atoms with Gasteiger partial charge in [-0.15, -0.1) is 11.6 Å². The average molecular weight is 230 g/mol. The topological polar surface area (TPSA) is 29.1 Å². The number of carbonyl (C=O) groups is 1. The van der Waals surface area contributed by atoms with Crippen LogP contribution in [0, 0.1) is 11.8 Å². The number of hydrogen-bond donors (Lipinski definition) is 1. The van der Waals surface area contributed by atoms with Gasteiger partial charge in [0.05, 0.1) is 0 Å². The summed E-state index contributed by atoms with van der Waals surface area (Å²) < 4.78 is 0. The summed E-state index contributed by atoms with van der Waals surface area (Å²) in [7, 11) is 0. The highest BCUT2D eigenvalue weighted by molar-refractivity contribution is 6.20. The molecule has 0 saturated heterocycles. The number of halogens is 1. The highest BCUT2D eigenvalue weighted by Crippen LogP contribution is 2.32. The zero-order valence-electron chi connectivity index (χ0n) is 9.18. The third kappa shape index (κ3) is 4.02. The standard InChI is InChI=1S/C12H20ClNO/c13-11-3-1-2-10(6-11)8-14-12(15)7-9-4-5-9/h9-11H,1-8H2,(H,14,15). The van der Waals surface area contributed by atoms with Gasteiger partial charge in [0.25, 0.3) is 0 Å². The molecule has 0 aliphatic heterocycles. The van der Waals surface area contributed by atoms with Crippen molar-refractivity contribution in [2.24, 2.45) is 11.8 Å². The van der Waals surface area contributed by atoms with E-state index in [9.17, 15) is 4.79 Å². The van der Waals surface area contributed by atoms with Crippen LogP contribution in [0.3, 0.4) is 0 Å². The molecule has 0 spiro atoms. The van der Waals surface area contributed by atoms with Crippen molar-refractivity contribution in [3.8, 4) is 0 Å². The van der Waals surface area contributed by atoms with E-state index in [4.69, 9.17) is 11.6 Å². The van der Waals surface area contributed by atoms with Crippen molar-refractivity contribution in [1.82, 2.24) is 5.32 Å². The van der Waals surface area contributed by atoms with E-state index in [2.05, 4.69) is 5.32 Å². The fourth-order valence-electron chi connectivity index (χ4n) is 2.33. The maximum Gasteiger partial charge on any atom is 0.220 e. The normalized spacial score (nSPS) is 31.3. The Morgan fingerprint density at radius 1 is 1.20 bits per heavy atom. The minimum atomic E-state index is 0.245. The molecule has 1 N–H and O–H groups in total. The molecule has 15 heavy (non-hydrogen) atoms. The quantitative estimate of drug-likeness (QED) is 0.738. The molecule has 2 aliphatic rings. The predicted octanol–water partition coefficient (Wildman–Crippen LogP) is 2.70. The van der Waals surface area contributed by atoms with Crippen LogP contribution < -0.4 is 5.32 Å². The van der Waals surface area contributed by atoms with E-state index in [1.165, 1.54) is 25.7 Å². The van der Waals surface area contributed by atoms with Gasteiger partial charge in [-0.2, -0.15) is 0 Å². The lowest BCUT2D eigenvalue weighted by molar-refractivity contribution is -0.121. The molecule has 0 aromatic heterocycles. The van der Waals surface area contributed by atoms with Gasteiger partial charge in [-0.3, -0.25) is 4.79 Å². The maximum atomic E-state index is 11.5. The van der Waals surface area contributed by atoms with Gasteiger partial charge in [-0.25, -0.2) is 0 Å². The summed E-state index contributed by atoms with van der Waals surface area (Å²) in [6, 6.07) is 0. The lowest BCUT2D eigenvalue weighted by atomic mass is 9.89. The Bertz CT molecular complexity index is 228. The van der Waals surface area contributed by atoms with Crippen LogP contribution in [0.4, 0.5) is 0 Å². The van der Waals surface area contributed by atoms with Crippen LogP contribution in [0.1, 0.15) is 44.9 Å². The van der Waals surface area contributed by atoms with Crippen molar-refractivity contribution in [3.63, 3.8) is 0 Å². The molecular formula is C12H20ClNO. The molecule has 2 aliphatic carbocycles. The summed E-state index contributed by atoms with van der Waals surface area (Å²) in [4.78, 5) is 11.5. The second kappa shape index (κ2) is 5.20. The molecule has 0 aromatic carbocycles. The first-order valence-corrected chi connectivity index (χ1v) is 6.58. The molecule has 1 amide bonds. The van der Waals surface area contributed by atoms with Crippen LogP contribution in [0.2, 0.25) is 0 Å². The third-order valence-corrected chi connectivity index (χ3v) is 3.87. The zero-order valence-corrected chi connectivity index (χ0v) is 9.93. The van der Waals surface area contributed by atoms with Gasteiger partial charge in [0.2, 0.25) is 5.91 Å². The Hall–Kier alpha value is -0.240. The summed E-state index contributed by atoms with van der Waals surface area (Å²) >= 11 is 6.11. The van der Waals surface area contributed by atoms with E-state index in [0.29, 0.717) is 17.2 Å². The Morgan fingerprint density at radius 3 is 2.67 bits per heavy atom. The summed E-state index contributed by atoms with van der Waals surface area (Å²) in [6.45, 7) is 0.842. The number of carbonyl (C=O) groups excluding carboxylic acids is 1. The number of nitrogens with one attached hydrogen (secondary N) is 1. The average Bonchev–Trinajstić information content (AvgIpc) is 2.99. The van der Waals surface area contributed by atoms with Gasteiger partial charge in [-0.05, 0) is 43.9 Å². The SMILES string of the molecule is O=C(CC1CC1)NCC1CCCC(Cl)C1. The number of rotatable bonds is 4. The lowest BCUT2D eigenvalue weighted by Gasteiger charge is -2.25. The molecule has 2 fully saturated rings. The molecule has 2 saturated carbocycles. The molecule has 0 heterocycles. The molecule has 0 aromatic rings. The predicted molar refractivity (Wildman–Crippen MR) is 61.9 cm³/mol. The molecule has 2 unspecified atom stereocenters. The van der Waals surface area contributed by atoms with Gasteiger partial charge in [0, 0.05) is 18.3 Å². The smallest absolute Gasteiger partial charge is 0.220 e. The van der Waals surface area contributed by atoms with Gasteiger partial charge in [0.15, 0.2) is 0 Å². The van der Waals surface area contributed by atoms with Crippen LogP contribution in [-0.4, -0.2) is 17.8 Å². The van der Waals surface area contributed by atoms with Crippen molar-refractivity contribution < 1.29 is 4.79 Å². The highest BCUT2D eigenvalue weighted by Gasteiger charge is 2.25. The molecule has 3 heteroatoms. The van der Waals surface area contributed by atoms with Crippen LogP contribution in [0.5, 0.6) is 0 Å². The second-order valence-corrected chi connectivity index (χ2v) is 5.70. The molecule has 0 radical (unpaired) electrons. The molecule has 2 rings (SSSR count). The largest absolute Gasteiger partial charge is 0.356 e. The third-order valence-electron chi connectivity index (χ3n) is 3.48. The van der Waals surface area contributed by atoms with Gasteiger partial charge < -0.3 is 5.32 Å². The zero-order chi connectivity index (χ0) is 10.7. The molecule has 0 bridgehead atoms. The second-order valence-electron chi connectivity index (χ2n) is 5.08. The van der Waals surface area contributed by atoms with E-state index < -0.39 is 0 Å². The molecular weight excluding hydrogens is 210 g/mol. The van der Waals surface area contributed by atoms with Crippen molar-refractivity contribution in [1.29, 1.82) is 0 Å². The minimum Gasteiger partial charge on any atom is -0.356 e. The van der Waals surface area contributed by atoms with Crippen LogP contribution in [0.25, 0.3) is 0 Å². The van der Waals surface area contributed by atoms with Gasteiger partial charge in [0.1, 0.15) is 0 Å². The number of hydrogen-bond acceptors (Lipinski definition) is 1. The van der Waals surface area contributed by atoms with Gasteiger partial charge in [-0.1, -0.05) is 6.42 Å². The monoisotopic (exact) mass is 229 g/mol. The van der Waals surface area contributed by atoms with Gasteiger partial charge >= 0.3 is 0 Å². The molecule has 2 nitrogen and oxygen atoms in total. The lowest BCUT2D eigenvalue weighted by Crippen LogP contribution is -2.32. The Kier molecular flexibility index (Phi) is 3.90. The Balaban J connectivity index is 1.61. The van der Waals surface area contributed by atoms with Crippen molar-refractivity contribution >= 4 is 17.5 Å². The Morgan fingerprint density at radius 2 is 2.00 bits per heavy atom. The summed E-state index contributed by atoms with van der Waals surface area (Å²) in [5, 5.41) is 3.38. The molecule has 2 atom stereocenters. The fourth-order valence-corrected chi connectivity index (χ4v) is 2.73. The summed E-state index contributed by atoms with van der Waals surface area (Å²) in [6.07, 6.45) is 7.92. The summed E-state index contributed by atoms with van der Waals surface area (Å²) in [5.74, 6) is 1.55. The van der Waals surface area contributed by atoms with E-state index in [0.717, 1.165) is 25.8 Å². The first-order valence-electron chi connectivity index (χ1n) is 6.15. The first kappa shape index (κ1) is 11.3. The minimum absolute atomic E-state index is 0.245. The van der Waals surface area contributed by atoms with Crippen molar-refractivity contribution in [2.75, 3.05) is 6.54 Å². The maximum absolute atomic E-state index is 11.5. The Labute approximate surface area is 96.8 Å².